The number of hydrogen-bond donors (Lipinski definition) is 1. The Balaban J connectivity index is -0.00000108. The topological polar surface area (TPSA) is 179 Å². The van der Waals surface area contributed by atoms with Crippen molar-refractivity contribution in [1.82, 2.24) is 9.80 Å². The molecule has 2 unspecified atom stereocenters. The maximum Gasteiger partial charge on any atom is 2.00 e. The minimum absolute atomic E-state index is 0. The van der Waals surface area contributed by atoms with Crippen molar-refractivity contribution in [3.63, 3.8) is 0 Å². The van der Waals surface area contributed by atoms with Crippen molar-refractivity contribution in [1.29, 1.82) is 0 Å². The van der Waals surface area contributed by atoms with E-state index in [9.17, 15) is 18.9 Å². The molecule has 13 heteroatoms. The summed E-state index contributed by atoms with van der Waals surface area (Å²) in [5.74, 6) is 0. The first-order chi connectivity index (χ1) is 8.37. The van der Waals surface area contributed by atoms with Gasteiger partial charge in [0.2, 0.25) is 0 Å². The zero-order chi connectivity index (χ0) is 13.6. The van der Waals surface area contributed by atoms with Gasteiger partial charge in [-0.1, -0.05) is 4.57 Å². The predicted molar refractivity (Wildman–Crippen MR) is 68.4 cm³/mol. The van der Waals surface area contributed by atoms with Gasteiger partial charge in [0.15, 0.2) is 6.29 Å². The van der Waals surface area contributed by atoms with Gasteiger partial charge in [-0.05, 0) is 0 Å². The average Bonchev–Trinajstić information content (AvgIpc) is 2.29. The molecular weight excluding hydrogens is 369 g/mol. The van der Waals surface area contributed by atoms with Crippen molar-refractivity contribution in [2.75, 3.05) is 52.0 Å². The molecule has 0 spiro atoms. The molecule has 1 aliphatic rings. The summed E-state index contributed by atoms with van der Waals surface area (Å²) >= 11 is 0. The molecule has 1 aliphatic heterocycles. The molecule has 0 saturated carbocycles. The summed E-state index contributed by atoms with van der Waals surface area (Å²) in [5.41, 5.74) is 0. The molecule has 0 aromatic heterocycles. The fourth-order valence-corrected chi connectivity index (χ4v) is 3.09. The van der Waals surface area contributed by atoms with E-state index in [2.05, 4.69) is 0 Å². The standard InChI is InChI=1S/C8H18N2O6P2.Mn.2H2O/c11-17(12)7-9-1-2-10(8-18(13,14)15)4-6-16-5-3-9;;;/h1-8H2,(H2,13,14,15);;2*1H2/q;+2;;/p-1. The monoisotopic (exact) mass is 390 g/mol. The first kappa shape index (κ1) is 26.4. The third-order valence-corrected chi connectivity index (χ3v) is 3.92. The Hall–Kier alpha value is 0.529. The molecule has 127 valence electrons. The van der Waals surface area contributed by atoms with Crippen molar-refractivity contribution in [3.05, 3.63) is 0 Å². The summed E-state index contributed by atoms with van der Waals surface area (Å²) in [6.07, 6.45) is -0.506. The van der Waals surface area contributed by atoms with Crippen LogP contribution in [0.2, 0.25) is 0 Å². The molecule has 21 heavy (non-hydrogen) atoms. The van der Waals surface area contributed by atoms with Gasteiger partial charge in [0.05, 0.1) is 19.5 Å². The fourth-order valence-electron chi connectivity index (χ4n) is 1.69. The molecule has 0 aliphatic carbocycles. The predicted octanol–water partition coefficient (Wildman–Crippen LogP) is -3.47. The molecule has 0 amide bonds. The SMILES string of the molecule is O.O.O=[P+]([O-])CN1CCOCCN(CP(=O)([O-])O)CC1.[Mn+2]. The van der Waals surface area contributed by atoms with Crippen LogP contribution in [0, 0.1) is 0 Å². The normalized spacial score (nSPS) is 21.2. The van der Waals surface area contributed by atoms with Gasteiger partial charge in [0, 0.05) is 26.2 Å². The first-order valence-corrected chi connectivity index (χ1v) is 8.66. The van der Waals surface area contributed by atoms with Crippen LogP contribution in [0.15, 0.2) is 0 Å². The summed E-state index contributed by atoms with van der Waals surface area (Å²) < 4.78 is 26.8. The molecule has 2 atom stereocenters. The summed E-state index contributed by atoms with van der Waals surface area (Å²) in [4.78, 5) is 33.5. The molecule has 10 nitrogen and oxygen atoms in total. The van der Waals surface area contributed by atoms with Crippen LogP contribution in [0.1, 0.15) is 0 Å². The second-order valence-electron chi connectivity index (χ2n) is 4.10. The molecule has 1 saturated heterocycles. The molecule has 1 radical (unpaired) electrons. The van der Waals surface area contributed by atoms with Gasteiger partial charge in [-0.2, -0.15) is 0 Å². The van der Waals surface area contributed by atoms with Crippen LogP contribution >= 0.6 is 15.6 Å². The Morgan fingerprint density at radius 2 is 1.62 bits per heavy atom. The van der Waals surface area contributed by atoms with Crippen molar-refractivity contribution in [3.8, 4) is 0 Å². The van der Waals surface area contributed by atoms with Crippen LogP contribution < -0.4 is 9.79 Å². The first-order valence-electron chi connectivity index (χ1n) is 5.54. The quantitative estimate of drug-likeness (QED) is 0.380. The minimum Gasteiger partial charge on any atom is -0.778 e. The average molecular weight is 390 g/mol. The van der Waals surface area contributed by atoms with Gasteiger partial charge in [-0.3, -0.25) is 9.80 Å². The van der Waals surface area contributed by atoms with Crippen LogP contribution in [0.3, 0.4) is 0 Å². The van der Waals surface area contributed by atoms with Gasteiger partial charge >= 0.3 is 25.1 Å². The Kier molecular flexibility index (Phi) is 16.4. The maximum absolute atomic E-state index is 10.8. The van der Waals surface area contributed by atoms with E-state index in [0.717, 1.165) is 0 Å². The third-order valence-electron chi connectivity index (χ3n) is 2.53. The van der Waals surface area contributed by atoms with Crippen LogP contribution in [-0.2, 0) is 30.9 Å². The van der Waals surface area contributed by atoms with Crippen molar-refractivity contribution in [2.45, 2.75) is 0 Å². The van der Waals surface area contributed by atoms with Gasteiger partial charge in [0.1, 0.15) is 7.60 Å². The Bertz CT molecular complexity index is 331. The van der Waals surface area contributed by atoms with E-state index in [-0.39, 0.29) is 34.3 Å². The zero-order valence-corrected chi connectivity index (χ0v) is 14.3. The van der Waals surface area contributed by atoms with Crippen LogP contribution in [0.5, 0.6) is 0 Å². The van der Waals surface area contributed by atoms with E-state index in [4.69, 9.17) is 9.63 Å². The van der Waals surface area contributed by atoms with Crippen molar-refractivity contribution >= 4 is 15.6 Å². The van der Waals surface area contributed by atoms with Gasteiger partial charge in [-0.25, -0.2) is 0 Å². The molecular formula is C8H21MnN2O8P2+. The van der Waals surface area contributed by atoms with E-state index in [1.165, 1.54) is 4.90 Å². The van der Waals surface area contributed by atoms with E-state index >= 15 is 0 Å². The second-order valence-corrected chi connectivity index (χ2v) is 6.61. The minimum atomic E-state index is -4.35. The molecule has 0 aromatic rings. The fraction of sp³-hybridized carbons (Fsp3) is 1.00. The largest absolute Gasteiger partial charge is 2.00 e. The summed E-state index contributed by atoms with van der Waals surface area (Å²) in [6, 6.07) is 0. The molecule has 0 bridgehead atoms. The molecule has 1 heterocycles. The molecule has 0 aromatic carbocycles. The summed E-state index contributed by atoms with van der Waals surface area (Å²) in [7, 11) is -6.85. The van der Waals surface area contributed by atoms with E-state index < -0.39 is 21.9 Å². The third kappa shape index (κ3) is 13.9. The Morgan fingerprint density at radius 1 is 1.14 bits per heavy atom. The number of rotatable bonds is 4. The van der Waals surface area contributed by atoms with Crippen LogP contribution in [0.4, 0.5) is 0 Å². The Morgan fingerprint density at radius 3 is 2.10 bits per heavy atom. The smallest absolute Gasteiger partial charge is 0.778 e. The van der Waals surface area contributed by atoms with E-state index in [0.29, 0.717) is 39.4 Å². The number of ether oxygens (including phenoxy) is 1. The van der Waals surface area contributed by atoms with Gasteiger partial charge < -0.3 is 34.9 Å². The number of hydrogen-bond acceptors (Lipinski definition) is 7. The summed E-state index contributed by atoms with van der Waals surface area (Å²) in [5, 5.41) is 0. The Labute approximate surface area is 134 Å². The second kappa shape index (κ2) is 13.0. The van der Waals surface area contributed by atoms with E-state index in [1.807, 2.05) is 0 Å². The molecule has 5 N–H and O–H groups in total. The maximum atomic E-state index is 10.8. The van der Waals surface area contributed by atoms with Crippen LogP contribution in [0.25, 0.3) is 0 Å². The van der Waals surface area contributed by atoms with Gasteiger partial charge in [-0.15, -0.1) is 0 Å². The molecule has 1 rings (SSSR count). The van der Waals surface area contributed by atoms with Gasteiger partial charge in [0.25, 0.3) is 0 Å². The van der Waals surface area contributed by atoms with E-state index in [1.54, 1.807) is 4.90 Å². The van der Waals surface area contributed by atoms with Crippen molar-refractivity contribution in [2.24, 2.45) is 0 Å². The number of nitrogens with zero attached hydrogens (tertiary/aromatic N) is 2. The zero-order valence-electron chi connectivity index (χ0n) is 11.3. The molecule has 1 fully saturated rings. The summed E-state index contributed by atoms with van der Waals surface area (Å²) in [6.45, 7) is 2.45. The van der Waals surface area contributed by atoms with Crippen molar-refractivity contribution < 1.29 is 56.6 Å². The van der Waals surface area contributed by atoms with Crippen LogP contribution in [-0.4, -0.2) is 77.6 Å².